The summed E-state index contributed by atoms with van der Waals surface area (Å²) in [7, 11) is 0. The number of hydrogen-bond acceptors (Lipinski definition) is 3. The van der Waals surface area contributed by atoms with Crippen molar-refractivity contribution in [2.75, 3.05) is 44.2 Å². The Morgan fingerprint density at radius 1 is 0.964 bits per heavy atom. The minimum Gasteiger partial charge on any atom is -0.369 e. The number of carbonyl (C=O) groups is 1. The van der Waals surface area contributed by atoms with Crippen LogP contribution in [0.15, 0.2) is 42.5 Å². The average Bonchev–Trinajstić information content (AvgIpc) is 2.74. The molecule has 0 unspecified atom stereocenters. The molecule has 1 fully saturated rings. The molecule has 0 saturated carbocycles. The van der Waals surface area contributed by atoms with Gasteiger partial charge >= 0.3 is 0 Å². The molecule has 1 saturated heterocycles. The molecule has 4 heteroatoms. The van der Waals surface area contributed by atoms with Crippen LogP contribution in [0.25, 0.3) is 0 Å². The average molecular weight is 378 g/mol. The Balaban J connectivity index is 1.22. The molecule has 4 rings (SSSR count). The highest BCUT2D eigenvalue weighted by Crippen LogP contribution is 2.22. The third-order valence-corrected chi connectivity index (χ3v) is 6.06. The maximum atomic E-state index is 12.5. The van der Waals surface area contributed by atoms with E-state index >= 15 is 0 Å². The fourth-order valence-electron chi connectivity index (χ4n) is 4.36. The van der Waals surface area contributed by atoms with Crippen molar-refractivity contribution in [1.82, 2.24) is 10.2 Å². The van der Waals surface area contributed by atoms with Crippen LogP contribution in [0.2, 0.25) is 0 Å². The van der Waals surface area contributed by atoms with Crippen LogP contribution in [0.4, 0.5) is 5.69 Å². The van der Waals surface area contributed by atoms with E-state index in [1.807, 2.05) is 6.07 Å². The molecule has 2 aliphatic rings. The topological polar surface area (TPSA) is 35.6 Å². The summed E-state index contributed by atoms with van der Waals surface area (Å²) >= 11 is 0. The Bertz CT molecular complexity index is 824. The molecule has 4 nitrogen and oxygen atoms in total. The number of piperazine rings is 1. The zero-order chi connectivity index (χ0) is 19.3. The van der Waals surface area contributed by atoms with Crippen molar-refractivity contribution >= 4 is 11.6 Å². The molecule has 0 bridgehead atoms. The molecule has 1 heterocycles. The van der Waals surface area contributed by atoms with E-state index in [-0.39, 0.29) is 5.91 Å². The highest BCUT2D eigenvalue weighted by Gasteiger charge is 2.17. The van der Waals surface area contributed by atoms with Crippen molar-refractivity contribution in [3.63, 3.8) is 0 Å². The highest BCUT2D eigenvalue weighted by molar-refractivity contribution is 5.94. The second-order valence-corrected chi connectivity index (χ2v) is 8.11. The molecule has 0 aromatic heterocycles. The van der Waals surface area contributed by atoms with E-state index in [0.29, 0.717) is 6.54 Å². The number of rotatable bonds is 5. The number of nitrogens with zero attached hydrogens (tertiary/aromatic N) is 2. The van der Waals surface area contributed by atoms with E-state index in [1.54, 1.807) is 0 Å². The van der Waals surface area contributed by atoms with Gasteiger partial charge in [0.1, 0.15) is 0 Å². The van der Waals surface area contributed by atoms with Gasteiger partial charge in [-0.3, -0.25) is 9.69 Å². The number of anilines is 1. The largest absolute Gasteiger partial charge is 0.369 e. The predicted molar refractivity (Wildman–Crippen MR) is 115 cm³/mol. The van der Waals surface area contributed by atoms with Crippen LogP contribution in [0.1, 0.15) is 39.9 Å². The van der Waals surface area contributed by atoms with Gasteiger partial charge < -0.3 is 10.2 Å². The van der Waals surface area contributed by atoms with Crippen molar-refractivity contribution in [3.05, 3.63) is 64.7 Å². The number of aryl methyl sites for hydroxylation is 3. The van der Waals surface area contributed by atoms with Crippen LogP contribution in [0.3, 0.4) is 0 Å². The summed E-state index contributed by atoms with van der Waals surface area (Å²) in [5.41, 5.74) is 6.23. The van der Waals surface area contributed by atoms with Crippen molar-refractivity contribution in [2.45, 2.75) is 32.6 Å². The molecule has 0 atom stereocenters. The minimum absolute atomic E-state index is 0.0618. The van der Waals surface area contributed by atoms with Crippen LogP contribution < -0.4 is 10.2 Å². The summed E-state index contributed by atoms with van der Waals surface area (Å²) in [5, 5.41) is 3.11. The van der Waals surface area contributed by atoms with Gasteiger partial charge in [0, 0.05) is 50.5 Å². The van der Waals surface area contributed by atoms with Gasteiger partial charge in [0.25, 0.3) is 5.91 Å². The Morgan fingerprint density at radius 2 is 1.75 bits per heavy atom. The van der Waals surface area contributed by atoms with Crippen molar-refractivity contribution in [1.29, 1.82) is 0 Å². The van der Waals surface area contributed by atoms with Gasteiger partial charge in [-0.15, -0.1) is 0 Å². The second kappa shape index (κ2) is 8.78. The molecule has 1 aliphatic carbocycles. The molecule has 0 radical (unpaired) electrons. The molecule has 0 spiro atoms. The number of carbonyl (C=O) groups excluding carboxylic acids is 1. The fourth-order valence-corrected chi connectivity index (χ4v) is 4.36. The molecular weight excluding hydrogens is 346 g/mol. The Morgan fingerprint density at radius 3 is 2.54 bits per heavy atom. The second-order valence-electron chi connectivity index (χ2n) is 8.11. The lowest BCUT2D eigenvalue weighted by atomic mass is 9.90. The number of amides is 1. The lowest BCUT2D eigenvalue weighted by Crippen LogP contribution is -2.48. The van der Waals surface area contributed by atoms with Crippen LogP contribution in [-0.2, 0) is 12.8 Å². The van der Waals surface area contributed by atoms with E-state index in [0.717, 1.165) is 51.1 Å². The molecule has 2 aromatic rings. The van der Waals surface area contributed by atoms with Gasteiger partial charge in [0.2, 0.25) is 0 Å². The van der Waals surface area contributed by atoms with Gasteiger partial charge in [-0.25, -0.2) is 0 Å². The molecule has 1 aliphatic heterocycles. The summed E-state index contributed by atoms with van der Waals surface area (Å²) in [6.45, 7) is 7.94. The van der Waals surface area contributed by atoms with Crippen LogP contribution >= 0.6 is 0 Å². The lowest BCUT2D eigenvalue weighted by molar-refractivity contribution is 0.0947. The standard InChI is InChI=1S/C24H31N3O/c1-19-5-4-8-23(17-19)27-15-13-26(14-16-27)12-11-25-24(28)22-10-9-20-6-2-3-7-21(20)18-22/h4-5,8-10,17-18H,2-3,6-7,11-16H2,1H3,(H,25,28). The normalized spacial score (nSPS) is 17.2. The quantitative estimate of drug-likeness (QED) is 0.867. The Hall–Kier alpha value is -2.33. The maximum Gasteiger partial charge on any atom is 0.251 e. The Kier molecular flexibility index (Phi) is 5.96. The first kappa shape index (κ1) is 19.0. The lowest BCUT2D eigenvalue weighted by Gasteiger charge is -2.36. The third-order valence-electron chi connectivity index (χ3n) is 6.06. The van der Waals surface area contributed by atoms with Crippen LogP contribution in [0, 0.1) is 6.92 Å². The van der Waals surface area contributed by atoms with Crippen molar-refractivity contribution in [2.24, 2.45) is 0 Å². The van der Waals surface area contributed by atoms with E-state index in [2.05, 4.69) is 58.4 Å². The monoisotopic (exact) mass is 377 g/mol. The number of benzene rings is 2. The molecular formula is C24H31N3O. The molecule has 148 valence electrons. The van der Waals surface area contributed by atoms with E-state index < -0.39 is 0 Å². The zero-order valence-corrected chi connectivity index (χ0v) is 16.9. The van der Waals surface area contributed by atoms with Gasteiger partial charge in [-0.05, 0) is 73.6 Å². The van der Waals surface area contributed by atoms with Crippen molar-refractivity contribution in [3.8, 4) is 0 Å². The Labute approximate surface area is 168 Å². The highest BCUT2D eigenvalue weighted by atomic mass is 16.1. The summed E-state index contributed by atoms with van der Waals surface area (Å²) in [4.78, 5) is 17.4. The first-order valence-electron chi connectivity index (χ1n) is 10.6. The third kappa shape index (κ3) is 4.56. The van der Waals surface area contributed by atoms with Gasteiger partial charge in [0.15, 0.2) is 0 Å². The predicted octanol–water partition coefficient (Wildman–Crippen LogP) is 3.43. The summed E-state index contributed by atoms with van der Waals surface area (Å²) in [5.74, 6) is 0.0618. The first-order valence-corrected chi connectivity index (χ1v) is 10.6. The minimum atomic E-state index is 0.0618. The van der Waals surface area contributed by atoms with Crippen LogP contribution in [-0.4, -0.2) is 50.1 Å². The van der Waals surface area contributed by atoms with Crippen LogP contribution in [0.5, 0.6) is 0 Å². The molecule has 28 heavy (non-hydrogen) atoms. The first-order chi connectivity index (χ1) is 13.7. The maximum absolute atomic E-state index is 12.5. The number of fused-ring (bicyclic) bond motifs is 1. The van der Waals surface area contributed by atoms with E-state index in [9.17, 15) is 4.79 Å². The molecule has 1 amide bonds. The summed E-state index contributed by atoms with van der Waals surface area (Å²) in [6, 6.07) is 15.0. The smallest absolute Gasteiger partial charge is 0.251 e. The van der Waals surface area contributed by atoms with E-state index in [4.69, 9.17) is 0 Å². The number of hydrogen-bond donors (Lipinski definition) is 1. The van der Waals surface area contributed by atoms with Crippen molar-refractivity contribution < 1.29 is 4.79 Å². The summed E-state index contributed by atoms with van der Waals surface area (Å²) in [6.07, 6.45) is 4.79. The molecule has 1 N–H and O–H groups in total. The fraction of sp³-hybridized carbons (Fsp3) is 0.458. The zero-order valence-electron chi connectivity index (χ0n) is 16.9. The molecule has 2 aromatic carbocycles. The SMILES string of the molecule is Cc1cccc(N2CCN(CCNC(=O)c3ccc4c(c3)CCCC4)CC2)c1. The van der Waals surface area contributed by atoms with Gasteiger partial charge in [-0.2, -0.15) is 0 Å². The van der Waals surface area contributed by atoms with E-state index in [1.165, 1.54) is 35.2 Å². The van der Waals surface area contributed by atoms with Gasteiger partial charge in [-0.1, -0.05) is 18.2 Å². The number of nitrogens with one attached hydrogen (secondary N) is 1. The van der Waals surface area contributed by atoms with Gasteiger partial charge in [0.05, 0.1) is 0 Å². The summed E-state index contributed by atoms with van der Waals surface area (Å²) < 4.78 is 0.